The van der Waals surface area contributed by atoms with Crippen LogP contribution in [0.25, 0.3) is 0 Å². The standard InChI is InChI=1S/C16H24BrN/c1-12(2)15(10-17)11-18-13(3)8-9-14-6-4-5-7-16(14)18/h4-7,12-13,15H,8-11H2,1-3H3. The van der Waals surface area contributed by atoms with Gasteiger partial charge >= 0.3 is 0 Å². The number of hydrogen-bond donors (Lipinski definition) is 0. The summed E-state index contributed by atoms with van der Waals surface area (Å²) in [5, 5.41) is 1.09. The summed E-state index contributed by atoms with van der Waals surface area (Å²) < 4.78 is 0. The number of alkyl halides is 1. The highest BCUT2D eigenvalue weighted by molar-refractivity contribution is 9.09. The van der Waals surface area contributed by atoms with Crippen LogP contribution in [0, 0.1) is 11.8 Å². The van der Waals surface area contributed by atoms with Crippen molar-refractivity contribution in [1.29, 1.82) is 0 Å². The Bertz CT molecular complexity index is 388. The molecule has 2 unspecified atom stereocenters. The molecule has 1 aliphatic rings. The number of halogens is 1. The summed E-state index contributed by atoms with van der Waals surface area (Å²) in [6, 6.07) is 9.57. The first-order valence-corrected chi connectivity index (χ1v) is 8.16. The maximum Gasteiger partial charge on any atom is 0.0401 e. The number of hydrogen-bond acceptors (Lipinski definition) is 1. The maximum atomic E-state index is 3.68. The molecule has 1 aromatic rings. The van der Waals surface area contributed by atoms with Gasteiger partial charge in [0.1, 0.15) is 0 Å². The summed E-state index contributed by atoms with van der Waals surface area (Å²) in [5.74, 6) is 1.45. The van der Waals surface area contributed by atoms with Gasteiger partial charge in [0.15, 0.2) is 0 Å². The fourth-order valence-corrected chi connectivity index (χ4v) is 3.68. The van der Waals surface area contributed by atoms with E-state index in [0.29, 0.717) is 6.04 Å². The number of aryl methyl sites for hydroxylation is 1. The van der Waals surface area contributed by atoms with Crippen molar-refractivity contribution in [2.24, 2.45) is 11.8 Å². The van der Waals surface area contributed by atoms with Crippen LogP contribution in [-0.4, -0.2) is 17.9 Å². The van der Waals surface area contributed by atoms with E-state index >= 15 is 0 Å². The molecule has 0 amide bonds. The molecule has 0 saturated carbocycles. The normalized spacial score (nSPS) is 20.9. The van der Waals surface area contributed by atoms with Crippen molar-refractivity contribution in [2.45, 2.75) is 39.7 Å². The van der Waals surface area contributed by atoms with Crippen molar-refractivity contribution in [3.05, 3.63) is 29.8 Å². The Hall–Kier alpha value is -0.500. The third-order valence-electron chi connectivity index (χ3n) is 4.24. The van der Waals surface area contributed by atoms with Gasteiger partial charge in [0.25, 0.3) is 0 Å². The van der Waals surface area contributed by atoms with Crippen LogP contribution in [0.5, 0.6) is 0 Å². The molecule has 1 aromatic carbocycles. The Kier molecular flexibility index (Phi) is 4.71. The molecule has 2 heteroatoms. The molecular weight excluding hydrogens is 286 g/mol. The quantitative estimate of drug-likeness (QED) is 0.740. The van der Waals surface area contributed by atoms with Gasteiger partial charge in [-0.1, -0.05) is 48.0 Å². The van der Waals surface area contributed by atoms with E-state index in [0.717, 1.165) is 17.2 Å². The van der Waals surface area contributed by atoms with Crippen LogP contribution in [0.15, 0.2) is 24.3 Å². The summed E-state index contributed by atoms with van der Waals surface area (Å²) in [4.78, 5) is 2.62. The van der Waals surface area contributed by atoms with E-state index in [1.54, 1.807) is 0 Å². The molecule has 18 heavy (non-hydrogen) atoms. The smallest absolute Gasteiger partial charge is 0.0401 e. The van der Waals surface area contributed by atoms with Crippen LogP contribution in [0.3, 0.4) is 0 Å². The minimum Gasteiger partial charge on any atom is -0.368 e. The van der Waals surface area contributed by atoms with Crippen molar-refractivity contribution in [3.63, 3.8) is 0 Å². The lowest BCUT2D eigenvalue weighted by Crippen LogP contribution is -2.42. The number of fused-ring (bicyclic) bond motifs is 1. The van der Waals surface area contributed by atoms with E-state index in [1.165, 1.54) is 30.6 Å². The van der Waals surface area contributed by atoms with E-state index in [1.807, 2.05) is 0 Å². The van der Waals surface area contributed by atoms with E-state index in [4.69, 9.17) is 0 Å². The van der Waals surface area contributed by atoms with Crippen molar-refractivity contribution in [2.75, 3.05) is 16.8 Å². The van der Waals surface area contributed by atoms with Crippen LogP contribution < -0.4 is 4.90 Å². The fourth-order valence-electron chi connectivity index (χ4n) is 2.73. The van der Waals surface area contributed by atoms with Crippen molar-refractivity contribution >= 4 is 21.6 Å². The SMILES string of the molecule is CC(C)C(CBr)CN1c2ccccc2CCC1C. The van der Waals surface area contributed by atoms with E-state index in [-0.39, 0.29) is 0 Å². The average molecular weight is 310 g/mol. The van der Waals surface area contributed by atoms with E-state index in [9.17, 15) is 0 Å². The van der Waals surface area contributed by atoms with Crippen molar-refractivity contribution in [3.8, 4) is 0 Å². The zero-order valence-corrected chi connectivity index (χ0v) is 13.3. The molecule has 0 fully saturated rings. The minimum atomic E-state index is 0.667. The first-order chi connectivity index (χ1) is 8.63. The molecule has 0 N–H and O–H groups in total. The molecule has 0 saturated heterocycles. The second kappa shape index (κ2) is 6.10. The highest BCUT2D eigenvalue weighted by Crippen LogP contribution is 2.32. The third-order valence-corrected chi connectivity index (χ3v) is 5.07. The van der Waals surface area contributed by atoms with E-state index in [2.05, 4.69) is 65.9 Å². The molecule has 1 heterocycles. The summed E-state index contributed by atoms with van der Waals surface area (Å²) in [6.07, 6.45) is 2.51. The summed E-state index contributed by atoms with van der Waals surface area (Å²) in [5.41, 5.74) is 2.98. The Morgan fingerprint density at radius 1 is 1.33 bits per heavy atom. The number of rotatable bonds is 4. The second-order valence-electron chi connectivity index (χ2n) is 5.83. The predicted molar refractivity (Wildman–Crippen MR) is 83.7 cm³/mol. The zero-order chi connectivity index (χ0) is 13.1. The van der Waals surface area contributed by atoms with Crippen molar-refractivity contribution in [1.82, 2.24) is 0 Å². The highest BCUT2D eigenvalue weighted by Gasteiger charge is 2.25. The lowest BCUT2D eigenvalue weighted by Gasteiger charge is -2.40. The molecule has 0 bridgehead atoms. The molecule has 0 spiro atoms. The van der Waals surface area contributed by atoms with Gasteiger partial charge in [0.2, 0.25) is 0 Å². The Morgan fingerprint density at radius 2 is 2.06 bits per heavy atom. The van der Waals surface area contributed by atoms with E-state index < -0.39 is 0 Å². The first kappa shape index (κ1) is 13.9. The predicted octanol–water partition coefficient (Wildman–Crippen LogP) is 4.49. The molecule has 2 atom stereocenters. The van der Waals surface area contributed by atoms with Crippen molar-refractivity contribution < 1.29 is 0 Å². The topological polar surface area (TPSA) is 3.24 Å². The lowest BCUT2D eigenvalue weighted by molar-refractivity contribution is 0.402. The molecule has 2 rings (SSSR count). The monoisotopic (exact) mass is 309 g/mol. The van der Waals surface area contributed by atoms with Crippen LogP contribution in [-0.2, 0) is 6.42 Å². The Balaban J connectivity index is 2.21. The van der Waals surface area contributed by atoms with Crippen LogP contribution in [0.4, 0.5) is 5.69 Å². The van der Waals surface area contributed by atoms with Gasteiger partial charge in [-0.2, -0.15) is 0 Å². The molecule has 0 aliphatic carbocycles. The summed E-state index contributed by atoms with van der Waals surface area (Å²) in [6.45, 7) is 8.18. The van der Waals surface area contributed by atoms with Gasteiger partial charge in [0, 0.05) is 23.6 Å². The highest BCUT2D eigenvalue weighted by atomic mass is 79.9. The molecule has 1 aliphatic heterocycles. The third kappa shape index (κ3) is 2.90. The summed E-state index contributed by atoms with van der Waals surface area (Å²) >= 11 is 3.68. The number of anilines is 1. The van der Waals surface area contributed by atoms with Crippen LogP contribution in [0.2, 0.25) is 0 Å². The van der Waals surface area contributed by atoms with Gasteiger partial charge in [-0.15, -0.1) is 0 Å². The first-order valence-electron chi connectivity index (χ1n) is 7.04. The van der Waals surface area contributed by atoms with Gasteiger partial charge in [-0.25, -0.2) is 0 Å². The van der Waals surface area contributed by atoms with Crippen LogP contribution >= 0.6 is 15.9 Å². The molecule has 1 nitrogen and oxygen atoms in total. The zero-order valence-electron chi connectivity index (χ0n) is 11.7. The summed E-state index contributed by atoms with van der Waals surface area (Å²) in [7, 11) is 0. The second-order valence-corrected chi connectivity index (χ2v) is 6.47. The number of nitrogens with zero attached hydrogens (tertiary/aromatic N) is 1. The average Bonchev–Trinajstić information content (AvgIpc) is 2.37. The van der Waals surface area contributed by atoms with Crippen LogP contribution in [0.1, 0.15) is 32.8 Å². The molecular formula is C16H24BrN. The van der Waals surface area contributed by atoms with Gasteiger partial charge in [0.05, 0.1) is 0 Å². The Morgan fingerprint density at radius 3 is 2.72 bits per heavy atom. The number of benzene rings is 1. The molecule has 0 aromatic heterocycles. The largest absolute Gasteiger partial charge is 0.368 e. The molecule has 100 valence electrons. The van der Waals surface area contributed by atoms with Gasteiger partial charge in [-0.05, 0) is 43.2 Å². The lowest BCUT2D eigenvalue weighted by atomic mass is 9.92. The van der Waals surface area contributed by atoms with Gasteiger partial charge < -0.3 is 4.90 Å². The minimum absolute atomic E-state index is 0.667. The van der Waals surface area contributed by atoms with Gasteiger partial charge in [-0.3, -0.25) is 0 Å². The molecule has 0 radical (unpaired) electrons. The Labute approximate surface area is 120 Å². The number of para-hydroxylation sites is 1. The maximum absolute atomic E-state index is 3.68. The fraction of sp³-hybridized carbons (Fsp3) is 0.625.